The first-order chi connectivity index (χ1) is 10.5. The molecule has 1 rings (SSSR count). The van der Waals surface area contributed by atoms with Crippen LogP contribution in [-0.4, -0.2) is 36.0 Å². The van der Waals surface area contributed by atoms with E-state index in [1.807, 2.05) is 19.1 Å². The number of amides is 2. The molecule has 22 heavy (non-hydrogen) atoms. The Morgan fingerprint density at radius 1 is 1.05 bits per heavy atom. The standard InChI is InChI=1S/C16H22N2O4/c1-12-5-4-6-13(11-12)16(22)18-10-9-17-14(19)7-2-3-8-15(20)21/h4-6,11H,2-3,7-10H2,1H3,(H,17,19)(H,18,22)(H,20,21). The van der Waals surface area contributed by atoms with Gasteiger partial charge in [-0.3, -0.25) is 14.4 Å². The highest BCUT2D eigenvalue weighted by atomic mass is 16.4. The maximum Gasteiger partial charge on any atom is 0.303 e. The lowest BCUT2D eigenvalue weighted by Gasteiger charge is -2.07. The third-order valence-corrected chi connectivity index (χ3v) is 3.06. The second-order valence-corrected chi connectivity index (χ2v) is 5.08. The minimum atomic E-state index is -0.848. The zero-order valence-corrected chi connectivity index (χ0v) is 12.7. The van der Waals surface area contributed by atoms with Crippen LogP contribution in [0.25, 0.3) is 0 Å². The van der Waals surface area contributed by atoms with E-state index in [0.717, 1.165) is 5.56 Å². The second kappa shape index (κ2) is 9.55. The average molecular weight is 306 g/mol. The van der Waals surface area contributed by atoms with Crippen molar-refractivity contribution in [3.05, 3.63) is 35.4 Å². The molecule has 0 saturated heterocycles. The third kappa shape index (κ3) is 7.42. The Kier molecular flexibility index (Phi) is 7.67. The first-order valence-corrected chi connectivity index (χ1v) is 7.32. The van der Waals surface area contributed by atoms with Crippen LogP contribution in [0, 0.1) is 6.92 Å². The predicted octanol–water partition coefficient (Wildman–Crippen LogP) is 1.49. The highest BCUT2D eigenvalue weighted by molar-refractivity contribution is 5.94. The van der Waals surface area contributed by atoms with Crippen molar-refractivity contribution in [2.45, 2.75) is 32.6 Å². The van der Waals surface area contributed by atoms with Gasteiger partial charge in [-0.15, -0.1) is 0 Å². The van der Waals surface area contributed by atoms with Crippen LogP contribution in [0.3, 0.4) is 0 Å². The summed E-state index contributed by atoms with van der Waals surface area (Å²) >= 11 is 0. The van der Waals surface area contributed by atoms with Crippen molar-refractivity contribution >= 4 is 17.8 Å². The number of aliphatic carboxylic acids is 1. The molecular weight excluding hydrogens is 284 g/mol. The Morgan fingerprint density at radius 3 is 2.41 bits per heavy atom. The lowest BCUT2D eigenvalue weighted by atomic mass is 10.1. The van der Waals surface area contributed by atoms with E-state index in [1.54, 1.807) is 12.1 Å². The number of carboxylic acids is 1. The number of nitrogens with one attached hydrogen (secondary N) is 2. The van der Waals surface area contributed by atoms with Crippen molar-refractivity contribution in [2.75, 3.05) is 13.1 Å². The zero-order valence-electron chi connectivity index (χ0n) is 12.7. The second-order valence-electron chi connectivity index (χ2n) is 5.08. The van der Waals surface area contributed by atoms with Gasteiger partial charge in [0.2, 0.25) is 5.91 Å². The van der Waals surface area contributed by atoms with Crippen molar-refractivity contribution in [3.8, 4) is 0 Å². The molecule has 0 atom stereocenters. The van der Waals surface area contributed by atoms with Gasteiger partial charge >= 0.3 is 5.97 Å². The molecule has 0 unspecified atom stereocenters. The quantitative estimate of drug-likeness (QED) is 0.602. The Labute approximate surface area is 129 Å². The summed E-state index contributed by atoms with van der Waals surface area (Å²) in [7, 11) is 0. The molecule has 1 aromatic carbocycles. The van der Waals surface area contributed by atoms with Gasteiger partial charge in [-0.05, 0) is 31.9 Å². The normalized spacial score (nSPS) is 10.0. The molecule has 0 saturated carbocycles. The number of hydrogen-bond donors (Lipinski definition) is 3. The lowest BCUT2D eigenvalue weighted by Crippen LogP contribution is -2.34. The summed E-state index contributed by atoms with van der Waals surface area (Å²) in [5.74, 6) is -1.14. The zero-order chi connectivity index (χ0) is 16.4. The van der Waals surface area contributed by atoms with Gasteiger partial charge in [0.25, 0.3) is 5.91 Å². The van der Waals surface area contributed by atoms with E-state index >= 15 is 0 Å². The van der Waals surface area contributed by atoms with Crippen LogP contribution in [0.15, 0.2) is 24.3 Å². The first kappa shape index (κ1) is 17.7. The number of unbranched alkanes of at least 4 members (excludes halogenated alkanes) is 1. The minimum absolute atomic E-state index is 0.0832. The van der Waals surface area contributed by atoms with Crippen LogP contribution in [0.5, 0.6) is 0 Å². The highest BCUT2D eigenvalue weighted by Gasteiger charge is 2.05. The molecule has 0 fully saturated rings. The largest absolute Gasteiger partial charge is 0.481 e. The maximum absolute atomic E-state index is 11.8. The molecule has 1 aromatic rings. The molecule has 0 aliphatic heterocycles. The number of hydrogen-bond acceptors (Lipinski definition) is 3. The van der Waals surface area contributed by atoms with Gasteiger partial charge in [-0.1, -0.05) is 17.7 Å². The number of aryl methyl sites for hydroxylation is 1. The lowest BCUT2D eigenvalue weighted by molar-refractivity contribution is -0.137. The topological polar surface area (TPSA) is 95.5 Å². The van der Waals surface area contributed by atoms with Gasteiger partial charge in [0.15, 0.2) is 0 Å². The van der Waals surface area contributed by atoms with Crippen molar-refractivity contribution in [2.24, 2.45) is 0 Å². The van der Waals surface area contributed by atoms with E-state index in [4.69, 9.17) is 5.11 Å². The number of carboxylic acid groups (broad SMARTS) is 1. The van der Waals surface area contributed by atoms with Gasteiger partial charge in [-0.25, -0.2) is 0 Å². The Morgan fingerprint density at radius 2 is 1.73 bits per heavy atom. The molecular formula is C16H22N2O4. The van der Waals surface area contributed by atoms with Crippen LogP contribution in [0.1, 0.15) is 41.6 Å². The van der Waals surface area contributed by atoms with Crippen LogP contribution in [0.2, 0.25) is 0 Å². The van der Waals surface area contributed by atoms with Crippen LogP contribution < -0.4 is 10.6 Å². The van der Waals surface area contributed by atoms with Gasteiger partial charge in [0, 0.05) is 31.5 Å². The number of rotatable bonds is 9. The van der Waals surface area contributed by atoms with E-state index < -0.39 is 5.97 Å². The van der Waals surface area contributed by atoms with Crippen molar-refractivity contribution in [1.82, 2.24) is 10.6 Å². The minimum Gasteiger partial charge on any atom is -0.481 e. The summed E-state index contributed by atoms with van der Waals surface area (Å²) in [4.78, 5) is 33.6. The fourth-order valence-electron chi connectivity index (χ4n) is 1.92. The van der Waals surface area contributed by atoms with Gasteiger partial charge in [0.05, 0.1) is 0 Å². The molecule has 0 spiro atoms. The van der Waals surface area contributed by atoms with Crippen molar-refractivity contribution < 1.29 is 19.5 Å². The summed E-state index contributed by atoms with van der Waals surface area (Å²) in [6.45, 7) is 2.63. The van der Waals surface area contributed by atoms with E-state index in [9.17, 15) is 14.4 Å². The van der Waals surface area contributed by atoms with Crippen molar-refractivity contribution in [1.29, 1.82) is 0 Å². The SMILES string of the molecule is Cc1cccc(C(=O)NCCNC(=O)CCCCC(=O)O)c1. The van der Waals surface area contributed by atoms with E-state index in [2.05, 4.69) is 10.6 Å². The predicted molar refractivity (Wildman–Crippen MR) is 82.6 cm³/mol. The molecule has 0 aliphatic carbocycles. The smallest absolute Gasteiger partial charge is 0.303 e. The van der Waals surface area contributed by atoms with Gasteiger partial charge in [-0.2, -0.15) is 0 Å². The number of benzene rings is 1. The Hall–Kier alpha value is -2.37. The maximum atomic E-state index is 11.8. The summed E-state index contributed by atoms with van der Waals surface area (Å²) in [5.41, 5.74) is 1.61. The molecule has 6 heteroatoms. The van der Waals surface area contributed by atoms with Crippen LogP contribution in [-0.2, 0) is 9.59 Å². The molecule has 2 amide bonds. The summed E-state index contributed by atoms with van der Waals surface area (Å²) in [5, 5.41) is 13.9. The fraction of sp³-hybridized carbons (Fsp3) is 0.438. The average Bonchev–Trinajstić information content (AvgIpc) is 2.47. The first-order valence-electron chi connectivity index (χ1n) is 7.32. The molecule has 0 heterocycles. The molecule has 120 valence electrons. The Balaban J connectivity index is 2.13. The highest BCUT2D eigenvalue weighted by Crippen LogP contribution is 2.03. The van der Waals surface area contributed by atoms with Crippen LogP contribution >= 0.6 is 0 Å². The van der Waals surface area contributed by atoms with Crippen LogP contribution in [0.4, 0.5) is 0 Å². The van der Waals surface area contributed by atoms with Crippen molar-refractivity contribution in [3.63, 3.8) is 0 Å². The molecule has 0 aliphatic rings. The monoisotopic (exact) mass is 306 g/mol. The molecule has 3 N–H and O–H groups in total. The van der Waals surface area contributed by atoms with E-state index in [1.165, 1.54) is 0 Å². The van der Waals surface area contributed by atoms with Gasteiger partial charge < -0.3 is 15.7 Å². The summed E-state index contributed by atoms with van der Waals surface area (Å²) in [6.07, 6.45) is 1.43. The summed E-state index contributed by atoms with van der Waals surface area (Å²) in [6, 6.07) is 7.28. The van der Waals surface area contributed by atoms with E-state index in [-0.39, 0.29) is 18.2 Å². The van der Waals surface area contributed by atoms with Gasteiger partial charge in [0.1, 0.15) is 0 Å². The summed E-state index contributed by atoms with van der Waals surface area (Å²) < 4.78 is 0. The Bertz CT molecular complexity index is 529. The third-order valence-electron chi connectivity index (χ3n) is 3.06. The fourth-order valence-corrected chi connectivity index (χ4v) is 1.92. The molecule has 0 bridgehead atoms. The molecule has 0 radical (unpaired) electrons. The molecule has 6 nitrogen and oxygen atoms in total. The number of carbonyl (C=O) groups is 3. The molecule has 0 aromatic heterocycles. The van der Waals surface area contributed by atoms with E-state index in [0.29, 0.717) is 37.9 Å². The number of carbonyl (C=O) groups excluding carboxylic acids is 2.